The third-order valence-corrected chi connectivity index (χ3v) is 3.71. The highest BCUT2D eigenvalue weighted by molar-refractivity contribution is 5.66. The summed E-state index contributed by atoms with van der Waals surface area (Å²) in [5, 5.41) is 11.7. The van der Waals surface area contributed by atoms with Crippen molar-refractivity contribution in [3.05, 3.63) is 71.8 Å². The Morgan fingerprint density at radius 3 is 2.52 bits per heavy atom. The predicted octanol–water partition coefficient (Wildman–Crippen LogP) is 3.78. The van der Waals surface area contributed by atoms with Crippen molar-refractivity contribution in [3.63, 3.8) is 0 Å². The highest BCUT2D eigenvalue weighted by Gasteiger charge is 1.97. The van der Waals surface area contributed by atoms with Gasteiger partial charge in [-0.1, -0.05) is 48.5 Å². The predicted molar refractivity (Wildman–Crippen MR) is 101 cm³/mol. The molecule has 4 nitrogen and oxygen atoms in total. The Labute approximate surface area is 149 Å². The molecule has 0 fully saturated rings. The molecule has 132 valence electrons. The molecule has 0 atom stereocenters. The number of benzene rings is 2. The standard InChI is InChI=1S/C21H25NO3/c23-21(24)14-16-22-15-4-8-19-10-12-20(13-11-19)25-17-5-9-18-6-2-1-3-7-18/h1-3,5-7,9-13,22H,4,8,14-17H2,(H,23,24). The second kappa shape index (κ2) is 11.0. The molecule has 0 aliphatic heterocycles. The molecule has 0 radical (unpaired) electrons. The molecule has 0 heterocycles. The zero-order valence-electron chi connectivity index (χ0n) is 14.4. The smallest absolute Gasteiger partial charge is 0.304 e. The van der Waals surface area contributed by atoms with Crippen molar-refractivity contribution in [2.45, 2.75) is 19.3 Å². The van der Waals surface area contributed by atoms with Gasteiger partial charge in [0.25, 0.3) is 0 Å². The van der Waals surface area contributed by atoms with Crippen LogP contribution in [0, 0.1) is 0 Å². The van der Waals surface area contributed by atoms with Crippen LogP contribution in [-0.2, 0) is 11.2 Å². The van der Waals surface area contributed by atoms with Crippen molar-refractivity contribution in [1.29, 1.82) is 0 Å². The van der Waals surface area contributed by atoms with Gasteiger partial charge >= 0.3 is 5.97 Å². The number of carboxylic acids is 1. The highest BCUT2D eigenvalue weighted by Crippen LogP contribution is 2.13. The van der Waals surface area contributed by atoms with E-state index in [9.17, 15) is 4.79 Å². The normalized spacial score (nSPS) is 10.9. The average Bonchev–Trinajstić information content (AvgIpc) is 2.63. The van der Waals surface area contributed by atoms with Gasteiger partial charge < -0.3 is 15.2 Å². The number of carboxylic acid groups (broad SMARTS) is 1. The number of carbonyl (C=O) groups is 1. The van der Waals surface area contributed by atoms with Gasteiger partial charge in [0, 0.05) is 6.54 Å². The van der Waals surface area contributed by atoms with E-state index in [0.717, 1.165) is 25.1 Å². The fourth-order valence-electron chi connectivity index (χ4n) is 2.38. The van der Waals surface area contributed by atoms with Gasteiger partial charge in [-0.2, -0.15) is 0 Å². The SMILES string of the molecule is O=C(O)CCNCCCc1ccc(OCC=Cc2ccccc2)cc1. The van der Waals surface area contributed by atoms with Crippen molar-refractivity contribution in [2.75, 3.05) is 19.7 Å². The Balaban J connectivity index is 1.62. The molecule has 2 rings (SSSR count). The van der Waals surface area contributed by atoms with Crippen LogP contribution in [0.1, 0.15) is 24.0 Å². The molecule has 25 heavy (non-hydrogen) atoms. The molecule has 0 unspecified atom stereocenters. The maximum atomic E-state index is 10.4. The van der Waals surface area contributed by atoms with Crippen LogP contribution in [0.15, 0.2) is 60.7 Å². The van der Waals surface area contributed by atoms with E-state index in [-0.39, 0.29) is 6.42 Å². The van der Waals surface area contributed by atoms with Gasteiger partial charge in [-0.05, 0) is 48.7 Å². The van der Waals surface area contributed by atoms with E-state index in [4.69, 9.17) is 9.84 Å². The third-order valence-electron chi connectivity index (χ3n) is 3.71. The molecular formula is C21H25NO3. The van der Waals surface area contributed by atoms with Gasteiger partial charge in [0.05, 0.1) is 6.42 Å². The maximum Gasteiger partial charge on any atom is 0.304 e. The number of aliphatic carboxylic acids is 1. The van der Waals surface area contributed by atoms with Crippen LogP contribution in [0.4, 0.5) is 0 Å². The zero-order chi connectivity index (χ0) is 17.7. The molecule has 2 aromatic rings. The van der Waals surface area contributed by atoms with Crippen molar-refractivity contribution in [3.8, 4) is 5.75 Å². The molecule has 0 aromatic heterocycles. The summed E-state index contributed by atoms with van der Waals surface area (Å²) in [4.78, 5) is 10.4. The van der Waals surface area contributed by atoms with E-state index in [1.807, 2.05) is 42.5 Å². The summed E-state index contributed by atoms with van der Waals surface area (Å²) in [6.45, 7) is 1.90. The molecule has 0 amide bonds. The zero-order valence-corrected chi connectivity index (χ0v) is 14.4. The van der Waals surface area contributed by atoms with Crippen molar-refractivity contribution >= 4 is 12.0 Å². The van der Waals surface area contributed by atoms with Crippen molar-refractivity contribution < 1.29 is 14.6 Å². The molecule has 0 bridgehead atoms. The Bertz CT molecular complexity index is 651. The van der Waals surface area contributed by atoms with E-state index in [1.54, 1.807) is 0 Å². The number of aryl methyl sites for hydroxylation is 1. The van der Waals surface area contributed by atoms with Gasteiger partial charge in [0.2, 0.25) is 0 Å². The van der Waals surface area contributed by atoms with Gasteiger partial charge in [0.1, 0.15) is 12.4 Å². The molecule has 0 spiro atoms. The molecule has 0 saturated heterocycles. The number of hydrogen-bond acceptors (Lipinski definition) is 3. The summed E-state index contributed by atoms with van der Waals surface area (Å²) in [5.41, 5.74) is 2.42. The first-order valence-electron chi connectivity index (χ1n) is 8.60. The first-order valence-corrected chi connectivity index (χ1v) is 8.60. The second-order valence-electron chi connectivity index (χ2n) is 5.77. The largest absolute Gasteiger partial charge is 0.490 e. The quantitative estimate of drug-likeness (QED) is 0.612. The summed E-state index contributed by atoms with van der Waals surface area (Å²) in [6.07, 6.45) is 6.18. The lowest BCUT2D eigenvalue weighted by molar-refractivity contribution is -0.136. The van der Waals surface area contributed by atoms with Crippen LogP contribution in [0.25, 0.3) is 6.08 Å². The van der Waals surface area contributed by atoms with E-state index >= 15 is 0 Å². The molecule has 0 aliphatic rings. The fourth-order valence-corrected chi connectivity index (χ4v) is 2.38. The van der Waals surface area contributed by atoms with Crippen LogP contribution in [0.5, 0.6) is 5.75 Å². The van der Waals surface area contributed by atoms with E-state index < -0.39 is 5.97 Å². The fraction of sp³-hybridized carbons (Fsp3) is 0.286. The third kappa shape index (κ3) is 8.18. The second-order valence-corrected chi connectivity index (χ2v) is 5.77. The maximum absolute atomic E-state index is 10.4. The molecule has 2 N–H and O–H groups in total. The van der Waals surface area contributed by atoms with Gasteiger partial charge in [-0.15, -0.1) is 0 Å². The topological polar surface area (TPSA) is 58.6 Å². The number of ether oxygens (including phenoxy) is 1. The summed E-state index contributed by atoms with van der Waals surface area (Å²) >= 11 is 0. The average molecular weight is 339 g/mol. The van der Waals surface area contributed by atoms with Crippen molar-refractivity contribution in [1.82, 2.24) is 5.32 Å². The minimum Gasteiger partial charge on any atom is -0.490 e. The van der Waals surface area contributed by atoms with E-state index in [1.165, 1.54) is 11.1 Å². The minimum absolute atomic E-state index is 0.171. The highest BCUT2D eigenvalue weighted by atomic mass is 16.5. The lowest BCUT2D eigenvalue weighted by atomic mass is 10.1. The van der Waals surface area contributed by atoms with Crippen LogP contribution >= 0.6 is 0 Å². The summed E-state index contributed by atoms with van der Waals surface area (Å²) in [5.74, 6) is 0.0998. The molecule has 4 heteroatoms. The summed E-state index contributed by atoms with van der Waals surface area (Å²) in [6, 6.07) is 18.3. The van der Waals surface area contributed by atoms with Crippen molar-refractivity contribution in [2.24, 2.45) is 0 Å². The molecule has 0 saturated carbocycles. The van der Waals surface area contributed by atoms with Crippen LogP contribution in [-0.4, -0.2) is 30.8 Å². The summed E-state index contributed by atoms with van der Waals surface area (Å²) < 4.78 is 5.71. The Morgan fingerprint density at radius 1 is 1.04 bits per heavy atom. The Morgan fingerprint density at radius 2 is 1.80 bits per heavy atom. The monoisotopic (exact) mass is 339 g/mol. The first kappa shape index (κ1) is 18.7. The number of rotatable bonds is 11. The van der Waals surface area contributed by atoms with Gasteiger partial charge in [0.15, 0.2) is 0 Å². The van der Waals surface area contributed by atoms with Crippen LogP contribution in [0.3, 0.4) is 0 Å². The number of nitrogens with one attached hydrogen (secondary N) is 1. The molecule has 0 aliphatic carbocycles. The van der Waals surface area contributed by atoms with Gasteiger partial charge in [-0.3, -0.25) is 4.79 Å². The molecule has 2 aromatic carbocycles. The lowest BCUT2D eigenvalue weighted by Gasteiger charge is -2.06. The Hall–Kier alpha value is -2.59. The minimum atomic E-state index is -0.762. The van der Waals surface area contributed by atoms with E-state index in [0.29, 0.717) is 13.2 Å². The number of hydrogen-bond donors (Lipinski definition) is 2. The van der Waals surface area contributed by atoms with Crippen LogP contribution < -0.4 is 10.1 Å². The lowest BCUT2D eigenvalue weighted by Crippen LogP contribution is -2.19. The summed E-state index contributed by atoms with van der Waals surface area (Å²) in [7, 11) is 0. The Kier molecular flexibility index (Phi) is 8.29. The van der Waals surface area contributed by atoms with Gasteiger partial charge in [-0.25, -0.2) is 0 Å². The first-order chi connectivity index (χ1) is 12.2. The molecular weight excluding hydrogens is 314 g/mol. The van der Waals surface area contributed by atoms with Crippen LogP contribution in [0.2, 0.25) is 0 Å². The van der Waals surface area contributed by atoms with E-state index in [2.05, 4.69) is 29.6 Å².